The molecule has 2 fully saturated rings. The third-order valence-electron chi connectivity index (χ3n) is 15.6. The molecule has 2 aromatic carbocycles. The molecule has 1 N–H and O–H groups in total. The Labute approximate surface area is 494 Å². The van der Waals surface area contributed by atoms with Crippen LogP contribution in [0.3, 0.4) is 0 Å². The number of carbonyl (C=O) groups is 4. The van der Waals surface area contributed by atoms with Gasteiger partial charge in [-0.3, -0.25) is 19.2 Å². The van der Waals surface area contributed by atoms with E-state index in [1.807, 2.05) is 58.0 Å². The molecule has 0 saturated carbocycles. The molecule has 2 aromatic rings. The van der Waals surface area contributed by atoms with E-state index in [0.717, 1.165) is 132 Å². The Morgan fingerprint density at radius 2 is 0.900 bits per heavy atom. The molecule has 4 rings (SSSR count). The summed E-state index contributed by atoms with van der Waals surface area (Å²) in [5.74, 6) is 2.79. The fraction of sp³-hybridized carbons (Fsp3) is 0.706. The number of amides is 1. The summed E-state index contributed by atoms with van der Waals surface area (Å²) in [6, 6.07) is 14.8. The average Bonchev–Trinajstić information content (AvgIpc) is 3.46. The third-order valence-corrected chi connectivity index (χ3v) is 18.0. The monoisotopic (exact) mass is 1140 g/mol. The highest BCUT2D eigenvalue weighted by molar-refractivity contribution is 8.76. The zero-order chi connectivity index (χ0) is 56.8. The summed E-state index contributed by atoms with van der Waals surface area (Å²) in [6.45, 7) is 11.6. The van der Waals surface area contributed by atoms with Gasteiger partial charge < -0.3 is 29.3 Å². The lowest BCUT2D eigenvalue weighted by Gasteiger charge is -2.32. The molecule has 2 aliphatic heterocycles. The fourth-order valence-electron chi connectivity index (χ4n) is 10.8. The second kappa shape index (κ2) is 46.9. The minimum atomic E-state index is -0.218. The molecule has 80 heavy (non-hydrogen) atoms. The molecule has 2 unspecified atom stereocenters. The molecule has 2 heterocycles. The maximum atomic E-state index is 12.8. The molecule has 0 spiro atoms. The molecule has 1 amide bonds. The largest absolute Gasteiger partial charge is 0.465 e. The van der Waals surface area contributed by atoms with E-state index in [4.69, 9.17) is 14.2 Å². The number of nitrogens with one attached hydrogen (secondary N) is 1. The number of unbranched alkanes of at least 4 members (excludes halogenated alkanes) is 22. The molecule has 10 nitrogen and oxygen atoms in total. The highest BCUT2D eigenvalue weighted by Gasteiger charge is 2.23. The van der Waals surface area contributed by atoms with Gasteiger partial charge in [0, 0.05) is 68.0 Å². The van der Waals surface area contributed by atoms with E-state index in [1.165, 1.54) is 128 Å². The first kappa shape index (κ1) is 68.9. The first-order valence-electron chi connectivity index (χ1n) is 32.3. The van der Waals surface area contributed by atoms with E-state index in [-0.39, 0.29) is 36.7 Å². The van der Waals surface area contributed by atoms with E-state index in [1.54, 1.807) is 12.1 Å². The number of piperidine rings is 2. The molecule has 450 valence electrons. The van der Waals surface area contributed by atoms with Crippen molar-refractivity contribution in [2.75, 3.05) is 69.3 Å². The van der Waals surface area contributed by atoms with Gasteiger partial charge in [0.05, 0.1) is 26.1 Å². The summed E-state index contributed by atoms with van der Waals surface area (Å²) in [5.41, 5.74) is 2.51. The molecule has 2 atom stereocenters. The highest BCUT2D eigenvalue weighted by atomic mass is 33.1. The predicted octanol–water partition coefficient (Wildman–Crippen LogP) is 17.3. The quantitative estimate of drug-likeness (QED) is 0.0225. The van der Waals surface area contributed by atoms with Crippen LogP contribution >= 0.6 is 21.6 Å². The number of carbonyl (C=O) groups excluding carboxylic acids is 4. The van der Waals surface area contributed by atoms with Gasteiger partial charge >= 0.3 is 17.9 Å². The number of likely N-dealkylation sites (tertiary alicyclic amines) is 2. The number of anilines is 1. The van der Waals surface area contributed by atoms with Crippen LogP contribution in [-0.4, -0.2) is 97.6 Å². The number of benzene rings is 2. The SMILES string of the molecule is CCCCCCCC/C=C\CCCCCCCC(=O)Nc1ccc(CC(=O)OCC2CCCN(CCSSCCN3CCCC(COC(=O)Cc4ccc(OC(=O)CCCCCCC/C=C\CCCCCCCC)cc4)C3)C2)cc1. The van der Waals surface area contributed by atoms with Crippen molar-refractivity contribution in [2.45, 2.75) is 232 Å². The first-order chi connectivity index (χ1) is 39.3. The van der Waals surface area contributed by atoms with Gasteiger partial charge in [0.15, 0.2) is 0 Å². The van der Waals surface area contributed by atoms with Crippen molar-refractivity contribution in [1.29, 1.82) is 0 Å². The van der Waals surface area contributed by atoms with Gasteiger partial charge in [-0.15, -0.1) is 0 Å². The highest BCUT2D eigenvalue weighted by Crippen LogP contribution is 2.25. The van der Waals surface area contributed by atoms with E-state index in [0.29, 0.717) is 43.6 Å². The molecule has 0 aliphatic carbocycles. The summed E-state index contributed by atoms with van der Waals surface area (Å²) in [5, 5.41) is 3.02. The first-order valence-corrected chi connectivity index (χ1v) is 34.8. The van der Waals surface area contributed by atoms with Gasteiger partial charge in [0.2, 0.25) is 5.91 Å². The van der Waals surface area contributed by atoms with Crippen LogP contribution in [0.15, 0.2) is 72.8 Å². The van der Waals surface area contributed by atoms with E-state index in [2.05, 4.69) is 53.3 Å². The second-order valence-electron chi connectivity index (χ2n) is 23.0. The van der Waals surface area contributed by atoms with Crippen molar-refractivity contribution >= 4 is 51.1 Å². The lowest BCUT2D eigenvalue weighted by atomic mass is 9.99. The standard InChI is InChI=1S/C68H109N3O7S2/c1-3-5-7-9-11-13-15-17-19-21-23-25-27-29-31-37-65(72)69-63-43-39-59(40-44-63)53-67(74)76-57-61-35-33-47-70(55-61)49-51-79-80-52-50-71-48-34-36-62(56-71)58-77-68(75)54-60-41-45-64(46-42-60)78-66(73)38-32-30-28-26-24-22-20-18-16-14-12-10-8-6-4-2/h17-20,39-46,61-62H,3-16,21-38,47-58H2,1-2H3,(H,69,72)/b19-17-,20-18-. The van der Waals surface area contributed by atoms with Crippen molar-refractivity contribution in [3.8, 4) is 5.75 Å². The number of nitrogens with zero attached hydrogens (tertiary/aromatic N) is 2. The van der Waals surface area contributed by atoms with Crippen LogP contribution in [0.4, 0.5) is 5.69 Å². The van der Waals surface area contributed by atoms with Crippen molar-refractivity contribution in [2.24, 2.45) is 11.8 Å². The minimum absolute atomic E-state index is 0.0486. The normalized spacial score (nSPS) is 16.1. The lowest BCUT2D eigenvalue weighted by molar-refractivity contribution is -0.145. The van der Waals surface area contributed by atoms with Crippen LogP contribution in [0, 0.1) is 11.8 Å². The molecule has 0 aromatic heterocycles. The van der Waals surface area contributed by atoms with Crippen molar-refractivity contribution in [3.63, 3.8) is 0 Å². The van der Waals surface area contributed by atoms with E-state index < -0.39 is 0 Å². The Balaban J connectivity index is 0.937. The average molecular weight is 1140 g/mol. The number of allylic oxidation sites excluding steroid dienone is 4. The number of ether oxygens (including phenoxy) is 3. The summed E-state index contributed by atoms with van der Waals surface area (Å²) in [7, 11) is 3.88. The Hall–Kier alpha value is -3.58. The Kier molecular flexibility index (Phi) is 40.4. The molecule has 0 radical (unpaired) electrons. The minimum Gasteiger partial charge on any atom is -0.465 e. The van der Waals surface area contributed by atoms with Gasteiger partial charge in [-0.2, -0.15) is 0 Å². The number of esters is 3. The number of rotatable bonds is 47. The molecule has 2 saturated heterocycles. The Morgan fingerprint density at radius 1 is 0.500 bits per heavy atom. The third kappa shape index (κ3) is 36.1. The number of hydrogen-bond acceptors (Lipinski definition) is 11. The van der Waals surface area contributed by atoms with Crippen LogP contribution < -0.4 is 10.1 Å². The van der Waals surface area contributed by atoms with Gasteiger partial charge in [0.1, 0.15) is 5.75 Å². The molecular weight excluding hydrogens is 1030 g/mol. The summed E-state index contributed by atoms with van der Waals surface area (Å²) in [6.07, 6.45) is 47.3. The van der Waals surface area contributed by atoms with Gasteiger partial charge in [-0.1, -0.05) is 187 Å². The fourth-order valence-corrected chi connectivity index (χ4v) is 12.8. The van der Waals surface area contributed by atoms with Crippen molar-refractivity contribution in [1.82, 2.24) is 9.80 Å². The molecular formula is C68H109N3O7S2. The van der Waals surface area contributed by atoms with Crippen LogP contribution in [0.5, 0.6) is 5.75 Å². The molecule has 2 aliphatic rings. The summed E-state index contributed by atoms with van der Waals surface area (Å²) in [4.78, 5) is 55.6. The van der Waals surface area contributed by atoms with Crippen molar-refractivity contribution < 1.29 is 33.4 Å². The topological polar surface area (TPSA) is 114 Å². The van der Waals surface area contributed by atoms with E-state index in [9.17, 15) is 19.2 Å². The zero-order valence-electron chi connectivity index (χ0n) is 50.3. The second-order valence-corrected chi connectivity index (χ2v) is 25.7. The van der Waals surface area contributed by atoms with E-state index >= 15 is 0 Å². The smallest absolute Gasteiger partial charge is 0.311 e. The lowest BCUT2D eigenvalue weighted by Crippen LogP contribution is -2.39. The molecule has 12 heteroatoms. The van der Waals surface area contributed by atoms with Crippen LogP contribution in [0.25, 0.3) is 0 Å². The van der Waals surface area contributed by atoms with Crippen LogP contribution in [0.1, 0.15) is 230 Å². The maximum Gasteiger partial charge on any atom is 0.311 e. The summed E-state index contributed by atoms with van der Waals surface area (Å²) >= 11 is 0. The van der Waals surface area contributed by atoms with Gasteiger partial charge in [0.25, 0.3) is 0 Å². The van der Waals surface area contributed by atoms with Gasteiger partial charge in [-0.25, -0.2) is 0 Å². The maximum absolute atomic E-state index is 12.8. The Morgan fingerprint density at radius 3 is 1.35 bits per heavy atom. The van der Waals surface area contributed by atoms with Crippen LogP contribution in [-0.2, 0) is 41.5 Å². The number of hydrogen-bond donors (Lipinski definition) is 1. The van der Waals surface area contributed by atoms with Crippen LogP contribution in [0.2, 0.25) is 0 Å². The molecule has 0 bridgehead atoms. The summed E-state index contributed by atoms with van der Waals surface area (Å²) < 4.78 is 17.1. The van der Waals surface area contributed by atoms with Gasteiger partial charge in [-0.05, 0) is 138 Å². The predicted molar refractivity (Wildman–Crippen MR) is 339 cm³/mol. The zero-order valence-corrected chi connectivity index (χ0v) is 51.9. The Bertz CT molecular complexity index is 1820. The van der Waals surface area contributed by atoms with Crippen molar-refractivity contribution in [3.05, 3.63) is 84.0 Å².